The van der Waals surface area contributed by atoms with Gasteiger partial charge in [-0.2, -0.15) is 0 Å². The summed E-state index contributed by atoms with van der Waals surface area (Å²) in [5.74, 6) is 0.911. The quantitative estimate of drug-likeness (QED) is 0.634. The highest BCUT2D eigenvalue weighted by molar-refractivity contribution is 8.39. The smallest absolute Gasteiger partial charge is 0.408 e. The van der Waals surface area contributed by atoms with E-state index in [0.29, 0.717) is 0 Å². The van der Waals surface area contributed by atoms with Crippen LogP contribution in [0.25, 0.3) is 0 Å². The van der Waals surface area contributed by atoms with Crippen LogP contribution in [0, 0.1) is 0 Å². The van der Waals surface area contributed by atoms with Gasteiger partial charge in [0.15, 0.2) is 0 Å². The molecule has 1 heterocycles. The molecule has 0 saturated heterocycles. The third-order valence-electron chi connectivity index (χ3n) is 1.60. The summed E-state index contributed by atoms with van der Waals surface area (Å²) in [5, 5.41) is 1.77. The van der Waals surface area contributed by atoms with Gasteiger partial charge in [0.2, 0.25) is 3.79 Å². The first-order valence-electron chi connectivity index (χ1n) is 4.77. The molecule has 0 aromatic carbocycles. The molecule has 9 heteroatoms. The van der Waals surface area contributed by atoms with E-state index in [0.717, 1.165) is 16.7 Å². The first-order chi connectivity index (χ1) is 7.93. The molecule has 0 bridgehead atoms. The maximum Gasteiger partial charge on any atom is 0.408 e. The zero-order chi connectivity index (χ0) is 12.9. The van der Waals surface area contributed by atoms with Gasteiger partial charge in [0.1, 0.15) is 9.75 Å². The van der Waals surface area contributed by atoms with Crippen LogP contribution in [0.5, 0.6) is 0 Å². The number of alkyl carbamates (subject to hydrolysis) is 1. The summed E-state index contributed by atoms with van der Waals surface area (Å²) in [7, 11) is 0. The Morgan fingerprint density at radius 2 is 2.41 bits per heavy atom. The Morgan fingerprint density at radius 3 is 2.88 bits per heavy atom. The molecule has 1 atom stereocenters. The van der Waals surface area contributed by atoms with E-state index in [1.165, 1.54) is 11.8 Å². The molecule has 0 radical (unpaired) electrons. The van der Waals surface area contributed by atoms with Gasteiger partial charge in [0.25, 0.3) is 0 Å². The summed E-state index contributed by atoms with van der Waals surface area (Å²) < 4.78 is 3.93. The van der Waals surface area contributed by atoms with E-state index in [2.05, 4.69) is 10.3 Å². The number of hydrogen-bond donors (Lipinski definition) is 1. The summed E-state index contributed by atoms with van der Waals surface area (Å²) in [4.78, 5) is 15.5. The first kappa shape index (κ1) is 15.6. The molecular formula is C8H11Cl3N2O2S2. The third-order valence-corrected chi connectivity index (χ3v) is 5.08. The Morgan fingerprint density at radius 1 is 1.71 bits per heavy atom. The Balaban J connectivity index is 2.57. The Hall–Kier alpha value is 0.510. The molecule has 0 spiro atoms. The van der Waals surface area contributed by atoms with Gasteiger partial charge in [0.05, 0.1) is 13.2 Å². The molecule has 0 aromatic rings. The van der Waals surface area contributed by atoms with Crippen molar-refractivity contribution in [3.05, 3.63) is 0 Å². The van der Waals surface area contributed by atoms with Crippen molar-refractivity contribution in [1.29, 1.82) is 0 Å². The molecule has 1 unspecified atom stereocenters. The lowest BCUT2D eigenvalue weighted by atomic mass is 10.7. The Labute approximate surface area is 123 Å². The maximum atomic E-state index is 11.3. The molecule has 0 fully saturated rings. The Bertz CT molecular complexity index is 310. The van der Waals surface area contributed by atoms with Crippen molar-refractivity contribution in [1.82, 2.24) is 5.32 Å². The fourth-order valence-electron chi connectivity index (χ4n) is 0.946. The normalized spacial score (nSPS) is 17.5. The average Bonchev–Trinajstić information content (AvgIpc) is 2.68. The second-order valence-corrected chi connectivity index (χ2v) is 7.71. The molecule has 4 nitrogen and oxygen atoms in total. The topological polar surface area (TPSA) is 50.7 Å². The van der Waals surface area contributed by atoms with Crippen LogP contribution in [-0.4, -0.2) is 38.5 Å². The van der Waals surface area contributed by atoms with Crippen molar-refractivity contribution >= 4 is 68.8 Å². The van der Waals surface area contributed by atoms with E-state index < -0.39 is 15.3 Å². The van der Waals surface area contributed by atoms with Crippen molar-refractivity contribution in [2.24, 2.45) is 4.99 Å². The predicted molar refractivity (Wildman–Crippen MR) is 76.6 cm³/mol. The second-order valence-electron chi connectivity index (χ2n) is 2.90. The molecular weight excluding hydrogens is 327 g/mol. The van der Waals surface area contributed by atoms with Gasteiger partial charge in [-0.05, 0) is 6.92 Å². The van der Waals surface area contributed by atoms with Gasteiger partial charge in [-0.25, -0.2) is 4.79 Å². The first-order valence-corrected chi connectivity index (χ1v) is 7.77. The van der Waals surface area contributed by atoms with Crippen molar-refractivity contribution in [3.63, 3.8) is 0 Å². The zero-order valence-corrected chi connectivity index (χ0v) is 12.8. The zero-order valence-electron chi connectivity index (χ0n) is 8.91. The number of hydrogen-bond acceptors (Lipinski definition) is 5. The number of carbonyl (C=O) groups is 1. The molecule has 1 aliphatic heterocycles. The van der Waals surface area contributed by atoms with Crippen LogP contribution in [0.1, 0.15) is 6.92 Å². The summed E-state index contributed by atoms with van der Waals surface area (Å²) >= 11 is 20.2. The van der Waals surface area contributed by atoms with E-state index in [-0.39, 0.29) is 6.61 Å². The van der Waals surface area contributed by atoms with Gasteiger partial charge in [0, 0.05) is 5.75 Å². The fraction of sp³-hybridized carbons (Fsp3) is 0.750. The van der Waals surface area contributed by atoms with Gasteiger partial charge in [-0.3, -0.25) is 4.99 Å². The third kappa shape index (κ3) is 5.79. The number of alkyl halides is 3. The van der Waals surface area contributed by atoms with Gasteiger partial charge < -0.3 is 10.1 Å². The van der Waals surface area contributed by atoms with E-state index >= 15 is 0 Å². The van der Waals surface area contributed by atoms with Gasteiger partial charge in [-0.15, -0.1) is 0 Å². The highest BCUT2D eigenvalue weighted by Gasteiger charge is 2.36. The predicted octanol–water partition coefficient (Wildman–Crippen LogP) is 3.26. The van der Waals surface area contributed by atoms with Gasteiger partial charge in [-0.1, -0.05) is 58.3 Å². The number of nitrogens with one attached hydrogen (secondary N) is 1. The number of carbonyl (C=O) groups excluding carboxylic acids is 1. The SMILES string of the molecule is CCOC(=O)NC(SC1=NCCS1)C(Cl)(Cl)Cl. The molecule has 1 aliphatic rings. The monoisotopic (exact) mass is 336 g/mol. The van der Waals surface area contributed by atoms with Crippen molar-refractivity contribution < 1.29 is 9.53 Å². The highest BCUT2D eigenvalue weighted by Crippen LogP contribution is 2.39. The second kappa shape index (κ2) is 7.19. The molecule has 1 N–H and O–H groups in total. The number of amides is 1. The number of ether oxygens (including phenoxy) is 1. The summed E-state index contributed by atoms with van der Waals surface area (Å²) in [6, 6.07) is 0. The van der Waals surface area contributed by atoms with Crippen LogP contribution in [0.2, 0.25) is 0 Å². The molecule has 1 amide bonds. The largest absolute Gasteiger partial charge is 0.450 e. The van der Waals surface area contributed by atoms with E-state index in [9.17, 15) is 4.79 Å². The minimum Gasteiger partial charge on any atom is -0.450 e. The number of aliphatic imine (C=N–C) groups is 1. The summed E-state index contributed by atoms with van der Waals surface area (Å²) in [5.41, 5.74) is 0. The lowest BCUT2D eigenvalue weighted by Gasteiger charge is -2.24. The highest BCUT2D eigenvalue weighted by atomic mass is 35.6. The van der Waals surface area contributed by atoms with Gasteiger partial charge >= 0.3 is 6.09 Å². The van der Waals surface area contributed by atoms with Crippen molar-refractivity contribution in [2.45, 2.75) is 16.1 Å². The molecule has 0 saturated carbocycles. The average molecular weight is 338 g/mol. The summed E-state index contributed by atoms with van der Waals surface area (Å²) in [6.45, 7) is 2.71. The van der Waals surface area contributed by atoms with E-state index in [1.54, 1.807) is 18.7 Å². The fourth-order valence-corrected chi connectivity index (χ4v) is 3.52. The molecule has 98 valence electrons. The van der Waals surface area contributed by atoms with E-state index in [4.69, 9.17) is 39.5 Å². The lowest BCUT2D eigenvalue weighted by molar-refractivity contribution is 0.151. The summed E-state index contributed by atoms with van der Waals surface area (Å²) in [6.07, 6.45) is -0.611. The minimum atomic E-state index is -1.62. The van der Waals surface area contributed by atoms with Crippen LogP contribution < -0.4 is 5.32 Å². The van der Waals surface area contributed by atoms with Crippen LogP contribution in [0.15, 0.2) is 4.99 Å². The lowest BCUT2D eigenvalue weighted by Crippen LogP contribution is -2.42. The maximum absolute atomic E-state index is 11.3. The van der Waals surface area contributed by atoms with Crippen molar-refractivity contribution in [2.75, 3.05) is 18.9 Å². The molecule has 17 heavy (non-hydrogen) atoms. The molecule has 0 aromatic heterocycles. The number of thioether (sulfide) groups is 2. The van der Waals surface area contributed by atoms with Crippen molar-refractivity contribution in [3.8, 4) is 0 Å². The molecule has 1 rings (SSSR count). The minimum absolute atomic E-state index is 0.263. The standard InChI is InChI=1S/C8H11Cl3N2O2S2/c1-2-15-6(14)13-5(8(9,10)11)17-7-12-3-4-16-7/h5H,2-4H2,1H3,(H,13,14). The number of halogens is 3. The van der Waals surface area contributed by atoms with E-state index in [1.807, 2.05) is 0 Å². The number of rotatable bonds is 3. The molecule has 0 aliphatic carbocycles. The van der Waals surface area contributed by atoms with Crippen LogP contribution in [0.3, 0.4) is 0 Å². The van der Waals surface area contributed by atoms with Crippen LogP contribution >= 0.6 is 58.3 Å². The number of nitrogens with zero attached hydrogens (tertiary/aromatic N) is 1. The Kier molecular flexibility index (Phi) is 6.58. The van der Waals surface area contributed by atoms with Crippen LogP contribution in [0.4, 0.5) is 4.79 Å². The van der Waals surface area contributed by atoms with Crippen LogP contribution in [-0.2, 0) is 4.74 Å².